The molecule has 1 saturated heterocycles. The molecule has 6 nitrogen and oxygen atoms in total. The number of rotatable bonds is 4. The van der Waals surface area contributed by atoms with Gasteiger partial charge in [-0.05, 0) is 37.6 Å². The summed E-state index contributed by atoms with van der Waals surface area (Å²) in [7, 11) is 0. The van der Waals surface area contributed by atoms with Crippen LogP contribution in [-0.4, -0.2) is 34.3 Å². The van der Waals surface area contributed by atoms with Crippen LogP contribution in [0.25, 0.3) is 11.5 Å². The first-order valence-corrected chi connectivity index (χ1v) is 8.33. The molecule has 3 heterocycles. The minimum Gasteiger partial charge on any atom is -0.365 e. The Kier molecular flexibility index (Phi) is 4.24. The third-order valence-electron chi connectivity index (χ3n) is 4.35. The Hall–Kier alpha value is -3.03. The van der Waals surface area contributed by atoms with Crippen molar-refractivity contribution >= 4 is 11.5 Å². The molecule has 1 aliphatic rings. The lowest BCUT2D eigenvalue weighted by Crippen LogP contribution is -2.27. The zero-order valence-electron chi connectivity index (χ0n) is 14.1. The van der Waals surface area contributed by atoms with E-state index in [0.29, 0.717) is 36.2 Å². The van der Waals surface area contributed by atoms with Crippen molar-refractivity contribution in [1.29, 1.82) is 0 Å². The van der Waals surface area contributed by atoms with Crippen molar-refractivity contribution in [3.8, 4) is 11.5 Å². The second-order valence-electron chi connectivity index (χ2n) is 6.19. The molecule has 0 saturated carbocycles. The highest BCUT2D eigenvalue weighted by Crippen LogP contribution is 2.30. The van der Waals surface area contributed by atoms with Gasteiger partial charge in [-0.2, -0.15) is 4.98 Å². The summed E-state index contributed by atoms with van der Waals surface area (Å²) in [6, 6.07) is 7.53. The van der Waals surface area contributed by atoms with Gasteiger partial charge < -0.3 is 14.7 Å². The summed E-state index contributed by atoms with van der Waals surface area (Å²) in [5, 5.41) is 7.13. The fourth-order valence-electron chi connectivity index (χ4n) is 3.17. The number of hydrogen-bond acceptors (Lipinski definition) is 6. The number of nitrogens with zero attached hydrogens (tertiary/aromatic N) is 4. The van der Waals surface area contributed by atoms with Crippen LogP contribution >= 0.6 is 0 Å². The average Bonchev–Trinajstić information content (AvgIpc) is 3.25. The first kappa shape index (κ1) is 16.4. The van der Waals surface area contributed by atoms with Gasteiger partial charge in [-0.25, -0.2) is 13.8 Å². The molecule has 1 aromatic carbocycles. The summed E-state index contributed by atoms with van der Waals surface area (Å²) in [6.45, 7) is 2.77. The predicted octanol–water partition coefficient (Wildman–Crippen LogP) is 3.41. The predicted molar refractivity (Wildman–Crippen MR) is 92.9 cm³/mol. The van der Waals surface area contributed by atoms with Gasteiger partial charge in [0.05, 0.1) is 5.56 Å². The lowest BCUT2D eigenvalue weighted by molar-refractivity contribution is 0.425. The molecule has 0 aliphatic carbocycles. The molecule has 3 aromatic rings. The second-order valence-corrected chi connectivity index (χ2v) is 6.19. The largest absolute Gasteiger partial charge is 0.365 e. The summed E-state index contributed by atoms with van der Waals surface area (Å²) in [6.07, 6.45) is 2.39. The molecule has 2 aromatic heterocycles. The number of hydrogen-bond donors (Lipinski definition) is 1. The van der Waals surface area contributed by atoms with Crippen molar-refractivity contribution in [2.24, 2.45) is 0 Å². The minimum absolute atomic E-state index is 0.00771. The van der Waals surface area contributed by atoms with Gasteiger partial charge in [0.25, 0.3) is 5.89 Å². The first-order chi connectivity index (χ1) is 12.6. The van der Waals surface area contributed by atoms with Crippen LogP contribution in [0.3, 0.4) is 0 Å². The molecule has 1 fully saturated rings. The van der Waals surface area contributed by atoms with Gasteiger partial charge in [0.1, 0.15) is 23.1 Å². The molecule has 0 amide bonds. The zero-order chi connectivity index (χ0) is 18.1. The molecule has 0 bridgehead atoms. The van der Waals surface area contributed by atoms with E-state index in [0.717, 1.165) is 6.42 Å². The SMILES string of the molecule is Cc1noc(-c2cccnc2NC2CCN(c3c(F)cccc3F)C2)n1. The van der Waals surface area contributed by atoms with E-state index in [9.17, 15) is 8.78 Å². The molecular weight excluding hydrogens is 340 g/mol. The normalized spacial score (nSPS) is 16.9. The van der Waals surface area contributed by atoms with Crippen LogP contribution in [0.2, 0.25) is 0 Å². The number of nitrogens with one attached hydrogen (secondary N) is 1. The van der Waals surface area contributed by atoms with Crippen molar-refractivity contribution in [1.82, 2.24) is 15.1 Å². The van der Waals surface area contributed by atoms with Gasteiger partial charge >= 0.3 is 0 Å². The summed E-state index contributed by atoms with van der Waals surface area (Å²) >= 11 is 0. The van der Waals surface area contributed by atoms with Crippen molar-refractivity contribution in [2.45, 2.75) is 19.4 Å². The van der Waals surface area contributed by atoms with E-state index in [2.05, 4.69) is 20.4 Å². The van der Waals surface area contributed by atoms with Crippen LogP contribution in [0, 0.1) is 18.6 Å². The van der Waals surface area contributed by atoms with Gasteiger partial charge in [0.15, 0.2) is 5.82 Å². The van der Waals surface area contributed by atoms with E-state index in [1.54, 1.807) is 24.1 Å². The lowest BCUT2D eigenvalue weighted by atomic mass is 10.2. The van der Waals surface area contributed by atoms with Crippen molar-refractivity contribution in [3.05, 3.63) is 54.0 Å². The Bertz CT molecular complexity index is 909. The van der Waals surface area contributed by atoms with Crippen molar-refractivity contribution in [3.63, 3.8) is 0 Å². The van der Waals surface area contributed by atoms with E-state index in [4.69, 9.17) is 4.52 Å². The fraction of sp³-hybridized carbons (Fsp3) is 0.278. The Morgan fingerprint density at radius 3 is 2.73 bits per heavy atom. The Balaban J connectivity index is 1.53. The zero-order valence-corrected chi connectivity index (χ0v) is 14.1. The van der Waals surface area contributed by atoms with E-state index in [-0.39, 0.29) is 11.7 Å². The van der Waals surface area contributed by atoms with E-state index in [1.807, 2.05) is 6.07 Å². The van der Waals surface area contributed by atoms with Crippen molar-refractivity contribution in [2.75, 3.05) is 23.3 Å². The Morgan fingerprint density at radius 1 is 1.19 bits per heavy atom. The first-order valence-electron chi connectivity index (χ1n) is 8.33. The maximum atomic E-state index is 14.0. The number of pyridine rings is 1. The van der Waals surface area contributed by atoms with Gasteiger partial charge in [-0.3, -0.25) is 0 Å². The molecule has 8 heteroatoms. The van der Waals surface area contributed by atoms with Gasteiger partial charge in [0.2, 0.25) is 0 Å². The van der Waals surface area contributed by atoms with Gasteiger partial charge in [0, 0.05) is 25.3 Å². The highest BCUT2D eigenvalue weighted by Gasteiger charge is 2.27. The van der Waals surface area contributed by atoms with E-state index < -0.39 is 11.6 Å². The quantitative estimate of drug-likeness (QED) is 0.772. The molecular formula is C18H17F2N5O. The highest BCUT2D eigenvalue weighted by atomic mass is 19.1. The average molecular weight is 357 g/mol. The Morgan fingerprint density at radius 2 is 2.00 bits per heavy atom. The van der Waals surface area contributed by atoms with E-state index in [1.165, 1.54) is 18.2 Å². The van der Waals surface area contributed by atoms with E-state index >= 15 is 0 Å². The molecule has 1 aliphatic heterocycles. The minimum atomic E-state index is -0.550. The van der Waals surface area contributed by atoms with Crippen LogP contribution in [0.15, 0.2) is 41.1 Å². The van der Waals surface area contributed by atoms with Crippen LogP contribution < -0.4 is 10.2 Å². The summed E-state index contributed by atoms with van der Waals surface area (Å²) in [5.41, 5.74) is 0.717. The monoisotopic (exact) mass is 357 g/mol. The molecule has 4 rings (SSSR count). The number of aromatic nitrogens is 3. The smallest absolute Gasteiger partial charge is 0.261 e. The van der Waals surface area contributed by atoms with Crippen LogP contribution in [-0.2, 0) is 0 Å². The molecule has 1 N–H and O–H groups in total. The number of para-hydroxylation sites is 1. The topological polar surface area (TPSA) is 67.1 Å². The second kappa shape index (κ2) is 6.70. The molecule has 26 heavy (non-hydrogen) atoms. The molecule has 1 atom stereocenters. The lowest BCUT2D eigenvalue weighted by Gasteiger charge is -2.20. The summed E-state index contributed by atoms with van der Waals surface area (Å²) < 4.78 is 33.2. The van der Waals surface area contributed by atoms with Crippen molar-refractivity contribution < 1.29 is 13.3 Å². The molecule has 0 spiro atoms. The summed E-state index contributed by atoms with van der Waals surface area (Å²) in [5.74, 6) is 0.429. The maximum absolute atomic E-state index is 14.0. The molecule has 0 radical (unpaired) electrons. The van der Waals surface area contributed by atoms with Crippen LogP contribution in [0.4, 0.5) is 20.3 Å². The fourth-order valence-corrected chi connectivity index (χ4v) is 3.17. The standard InChI is InChI=1S/C18H17F2N5O/c1-11-22-18(26-24-11)13-4-3-8-21-17(13)23-12-7-9-25(10-12)16-14(19)5-2-6-15(16)20/h2-6,8,12H,7,9-10H2,1H3,(H,21,23). The third kappa shape index (κ3) is 3.10. The molecule has 134 valence electrons. The number of benzene rings is 1. The van der Waals surface area contributed by atoms with Crippen LogP contribution in [0.5, 0.6) is 0 Å². The third-order valence-corrected chi connectivity index (χ3v) is 4.35. The van der Waals surface area contributed by atoms with Crippen LogP contribution in [0.1, 0.15) is 12.2 Å². The molecule has 1 unspecified atom stereocenters. The highest BCUT2D eigenvalue weighted by molar-refractivity contribution is 5.69. The van der Waals surface area contributed by atoms with Gasteiger partial charge in [-0.15, -0.1) is 0 Å². The summed E-state index contributed by atoms with van der Waals surface area (Å²) in [4.78, 5) is 10.3. The Labute approximate surface area is 148 Å². The number of halogens is 2. The maximum Gasteiger partial charge on any atom is 0.261 e. The number of anilines is 2. The van der Waals surface area contributed by atoms with Gasteiger partial charge in [-0.1, -0.05) is 11.2 Å². The number of aryl methyl sites for hydroxylation is 1.